The number of aryl methyl sites for hydroxylation is 1. The number of carbonyl (C=O) groups is 2. The van der Waals surface area contributed by atoms with Gasteiger partial charge in [-0.2, -0.15) is 5.10 Å². The van der Waals surface area contributed by atoms with E-state index in [0.717, 1.165) is 44.2 Å². The van der Waals surface area contributed by atoms with E-state index in [1.807, 2.05) is 13.0 Å². The Balaban J connectivity index is 1.36. The fourth-order valence-electron chi connectivity index (χ4n) is 4.58. The average Bonchev–Trinajstić information content (AvgIpc) is 3.35. The lowest BCUT2D eigenvalue weighted by atomic mass is 9.76. The number of hydrogen-bond acceptors (Lipinski definition) is 6. The second kappa shape index (κ2) is 7.49. The van der Waals surface area contributed by atoms with E-state index in [0.29, 0.717) is 11.7 Å². The fraction of sp³-hybridized carbons (Fsp3) is 0.632. The lowest BCUT2D eigenvalue weighted by Gasteiger charge is -2.49. The van der Waals surface area contributed by atoms with Crippen LogP contribution < -0.4 is 5.32 Å². The average molecular weight is 402 g/mol. The van der Waals surface area contributed by atoms with Crippen LogP contribution in [-0.4, -0.2) is 54.0 Å². The maximum atomic E-state index is 12.1. The Morgan fingerprint density at radius 2 is 2.17 bits per heavy atom. The highest BCUT2D eigenvalue weighted by molar-refractivity contribution is 5.90. The maximum absolute atomic E-state index is 12.1. The van der Waals surface area contributed by atoms with Crippen molar-refractivity contribution in [2.24, 2.45) is 0 Å². The predicted molar refractivity (Wildman–Crippen MR) is 102 cm³/mol. The maximum Gasteiger partial charge on any atom is 0.408 e. The number of nitrogens with one attached hydrogen (secondary N) is 2. The number of nitrogens with zero attached hydrogens (tertiary/aromatic N) is 4. The van der Waals surface area contributed by atoms with Crippen molar-refractivity contribution in [3.63, 3.8) is 0 Å². The normalized spacial score (nSPS) is 22.8. The van der Waals surface area contributed by atoms with Crippen LogP contribution in [0.5, 0.6) is 0 Å². The third-order valence-corrected chi connectivity index (χ3v) is 6.17. The number of amides is 2. The van der Waals surface area contributed by atoms with E-state index in [4.69, 9.17) is 4.42 Å². The minimum Gasteiger partial charge on any atom is -0.465 e. The van der Waals surface area contributed by atoms with Crippen molar-refractivity contribution in [2.45, 2.75) is 76.3 Å². The number of aromatic amines is 1. The van der Waals surface area contributed by atoms with Crippen LogP contribution in [0, 0.1) is 6.92 Å². The molecule has 2 aliphatic rings. The largest absolute Gasteiger partial charge is 0.465 e. The van der Waals surface area contributed by atoms with Gasteiger partial charge in [0.05, 0.1) is 0 Å². The summed E-state index contributed by atoms with van der Waals surface area (Å²) in [6, 6.07) is 1.84. The van der Waals surface area contributed by atoms with Crippen molar-refractivity contribution in [1.82, 2.24) is 25.3 Å². The fourth-order valence-corrected chi connectivity index (χ4v) is 4.58. The molecule has 0 saturated heterocycles. The Bertz CT molecular complexity index is 902. The van der Waals surface area contributed by atoms with Crippen LogP contribution in [0.25, 0.3) is 0 Å². The Morgan fingerprint density at radius 3 is 2.79 bits per heavy atom. The van der Waals surface area contributed by atoms with Gasteiger partial charge >= 0.3 is 6.09 Å². The zero-order valence-electron chi connectivity index (χ0n) is 16.6. The molecule has 10 heteroatoms. The lowest BCUT2D eigenvalue weighted by Crippen LogP contribution is -2.57. The predicted octanol–water partition coefficient (Wildman–Crippen LogP) is 2.84. The summed E-state index contributed by atoms with van der Waals surface area (Å²) in [5.74, 6) is 1.02. The van der Waals surface area contributed by atoms with Gasteiger partial charge in [0.1, 0.15) is 6.42 Å². The van der Waals surface area contributed by atoms with Gasteiger partial charge < -0.3 is 14.8 Å². The van der Waals surface area contributed by atoms with Crippen LogP contribution in [0.1, 0.15) is 68.8 Å². The molecule has 0 radical (unpaired) electrons. The molecule has 2 aromatic rings. The SMILES string of the molecule is Cc1nnc(CC(=O)Nc2cc(C3CCC(N(C(=O)O)C4(C)CCC4)C3)[nH]n2)o1. The lowest BCUT2D eigenvalue weighted by molar-refractivity contribution is -0.115. The van der Waals surface area contributed by atoms with Crippen LogP contribution in [0.2, 0.25) is 0 Å². The number of hydrogen-bond donors (Lipinski definition) is 3. The first-order chi connectivity index (χ1) is 13.8. The van der Waals surface area contributed by atoms with Gasteiger partial charge in [0.15, 0.2) is 5.82 Å². The molecule has 10 nitrogen and oxygen atoms in total. The minimum atomic E-state index is -0.827. The number of carbonyl (C=O) groups excluding carboxylic acids is 1. The van der Waals surface area contributed by atoms with E-state index in [9.17, 15) is 14.7 Å². The highest BCUT2D eigenvalue weighted by Crippen LogP contribution is 2.44. The van der Waals surface area contributed by atoms with E-state index in [-0.39, 0.29) is 35.7 Å². The van der Waals surface area contributed by atoms with Gasteiger partial charge in [0, 0.05) is 36.2 Å². The molecule has 2 aromatic heterocycles. The molecule has 2 aliphatic carbocycles. The summed E-state index contributed by atoms with van der Waals surface area (Å²) < 4.78 is 5.21. The quantitative estimate of drug-likeness (QED) is 0.675. The monoisotopic (exact) mass is 402 g/mol. The Kier molecular flexibility index (Phi) is 5.01. The van der Waals surface area contributed by atoms with Crippen LogP contribution in [0.3, 0.4) is 0 Å². The summed E-state index contributed by atoms with van der Waals surface area (Å²) in [6.45, 7) is 3.72. The van der Waals surface area contributed by atoms with Crippen molar-refractivity contribution in [1.29, 1.82) is 0 Å². The molecule has 3 N–H and O–H groups in total. The molecule has 2 heterocycles. The minimum absolute atomic E-state index is 0.0132. The molecule has 2 amide bonds. The summed E-state index contributed by atoms with van der Waals surface area (Å²) >= 11 is 0. The van der Waals surface area contributed by atoms with E-state index >= 15 is 0 Å². The number of aromatic nitrogens is 4. The van der Waals surface area contributed by atoms with E-state index in [1.54, 1.807) is 11.8 Å². The smallest absolute Gasteiger partial charge is 0.408 e. The molecule has 2 atom stereocenters. The number of rotatable bonds is 6. The molecule has 4 rings (SSSR count). The molecule has 0 aliphatic heterocycles. The first kappa shape index (κ1) is 19.4. The summed E-state index contributed by atoms with van der Waals surface area (Å²) in [5.41, 5.74) is 0.687. The molecule has 2 saturated carbocycles. The molecular formula is C19H26N6O4. The van der Waals surface area contributed by atoms with E-state index in [2.05, 4.69) is 25.7 Å². The molecule has 0 spiro atoms. The van der Waals surface area contributed by atoms with Crippen LogP contribution >= 0.6 is 0 Å². The van der Waals surface area contributed by atoms with Crippen LogP contribution in [0.4, 0.5) is 10.6 Å². The zero-order valence-corrected chi connectivity index (χ0v) is 16.6. The van der Waals surface area contributed by atoms with E-state index < -0.39 is 6.09 Å². The summed E-state index contributed by atoms with van der Waals surface area (Å²) in [4.78, 5) is 25.7. The first-order valence-corrected chi connectivity index (χ1v) is 10.0. The van der Waals surface area contributed by atoms with Gasteiger partial charge in [-0.05, 0) is 45.4 Å². The van der Waals surface area contributed by atoms with Crippen molar-refractivity contribution >= 4 is 17.8 Å². The number of anilines is 1. The van der Waals surface area contributed by atoms with Gasteiger partial charge in [0.2, 0.25) is 17.7 Å². The number of H-pyrrole nitrogens is 1. The molecule has 2 unspecified atom stereocenters. The number of carboxylic acid groups (broad SMARTS) is 1. The van der Waals surface area contributed by atoms with E-state index in [1.165, 1.54) is 0 Å². The second-order valence-corrected chi connectivity index (χ2v) is 8.32. The summed E-state index contributed by atoms with van der Waals surface area (Å²) in [7, 11) is 0. The third kappa shape index (κ3) is 3.96. The highest BCUT2D eigenvalue weighted by Gasteiger charge is 2.46. The molecule has 2 fully saturated rings. The second-order valence-electron chi connectivity index (χ2n) is 8.32. The van der Waals surface area contributed by atoms with Gasteiger partial charge in [-0.15, -0.1) is 10.2 Å². The Morgan fingerprint density at radius 1 is 1.38 bits per heavy atom. The van der Waals surface area contributed by atoms with Gasteiger partial charge in [-0.25, -0.2) is 4.79 Å². The third-order valence-electron chi connectivity index (χ3n) is 6.17. The molecular weight excluding hydrogens is 376 g/mol. The van der Waals surface area contributed by atoms with Crippen molar-refractivity contribution < 1.29 is 19.1 Å². The van der Waals surface area contributed by atoms with Crippen LogP contribution in [-0.2, 0) is 11.2 Å². The Labute approximate surface area is 168 Å². The highest BCUT2D eigenvalue weighted by atomic mass is 16.4. The summed E-state index contributed by atoms with van der Waals surface area (Å²) in [5, 5.41) is 27.2. The van der Waals surface area contributed by atoms with Gasteiger partial charge in [-0.3, -0.25) is 14.8 Å². The Hall–Kier alpha value is -2.91. The standard InChI is InChI=1S/C19H26N6O4/c1-11-21-24-17(29-11)10-16(26)20-15-9-14(22-23-15)12-4-5-13(8-12)25(18(27)28)19(2)6-3-7-19/h9,12-13H,3-8,10H2,1-2H3,(H,27,28)(H2,20,22,23,26). The topological polar surface area (TPSA) is 137 Å². The summed E-state index contributed by atoms with van der Waals surface area (Å²) in [6.07, 6.45) is 4.60. The zero-order chi connectivity index (χ0) is 20.6. The first-order valence-electron chi connectivity index (χ1n) is 10.0. The molecule has 0 aromatic carbocycles. The van der Waals surface area contributed by atoms with Crippen molar-refractivity contribution in [3.05, 3.63) is 23.5 Å². The van der Waals surface area contributed by atoms with Gasteiger partial charge in [0.25, 0.3) is 0 Å². The van der Waals surface area contributed by atoms with Crippen molar-refractivity contribution in [2.75, 3.05) is 5.32 Å². The van der Waals surface area contributed by atoms with Crippen LogP contribution in [0.15, 0.2) is 10.5 Å². The van der Waals surface area contributed by atoms with Gasteiger partial charge in [-0.1, -0.05) is 0 Å². The van der Waals surface area contributed by atoms with Crippen molar-refractivity contribution in [3.8, 4) is 0 Å². The molecule has 156 valence electrons. The molecule has 29 heavy (non-hydrogen) atoms. The molecule has 0 bridgehead atoms.